The lowest BCUT2D eigenvalue weighted by molar-refractivity contribution is 0.315. The van der Waals surface area contributed by atoms with Crippen LogP contribution in [-0.2, 0) is 23.0 Å². The maximum absolute atomic E-state index is 12.8. The molecule has 0 saturated carbocycles. The summed E-state index contributed by atoms with van der Waals surface area (Å²) in [6, 6.07) is 8.44. The second-order valence-corrected chi connectivity index (χ2v) is 7.54. The Balaban J connectivity index is 0.00000182. The Morgan fingerprint density at radius 3 is 2.80 bits per heavy atom. The highest BCUT2D eigenvalue weighted by Crippen LogP contribution is 2.30. The minimum Gasteiger partial charge on any atom is -0.312 e. The molecule has 0 saturated heterocycles. The van der Waals surface area contributed by atoms with Gasteiger partial charge >= 0.3 is 0 Å². The van der Waals surface area contributed by atoms with E-state index in [0.717, 1.165) is 30.6 Å². The van der Waals surface area contributed by atoms with Crippen molar-refractivity contribution in [3.05, 3.63) is 46.5 Å². The fraction of sp³-hybridized carbons (Fsp3) is 0.200. The molecule has 0 bridgehead atoms. The number of hydrogen-bond acceptors (Lipinski definition) is 6. The molecule has 2 N–H and O–H groups in total. The Bertz CT molecular complexity index is 1040. The molecule has 0 radical (unpaired) electrons. The maximum atomic E-state index is 12.8. The first-order valence-electron chi connectivity index (χ1n) is 7.31. The fourth-order valence-electron chi connectivity index (χ4n) is 2.86. The Labute approximate surface area is 155 Å². The number of nitrogens with one attached hydrogen (secondary N) is 2. The third-order valence-electron chi connectivity index (χ3n) is 4.00. The third kappa shape index (κ3) is 3.18. The van der Waals surface area contributed by atoms with Crippen molar-refractivity contribution in [1.82, 2.24) is 15.6 Å². The zero-order valence-corrected chi connectivity index (χ0v) is 15.2. The maximum Gasteiger partial charge on any atom is 0.264 e. The second-order valence-electron chi connectivity index (χ2n) is 5.48. The van der Waals surface area contributed by atoms with Crippen LogP contribution < -0.4 is 10.0 Å². The van der Waals surface area contributed by atoms with Crippen LogP contribution in [0.2, 0.25) is 5.02 Å². The van der Waals surface area contributed by atoms with Crippen molar-refractivity contribution in [3.63, 3.8) is 0 Å². The first kappa shape index (κ1) is 17.9. The Morgan fingerprint density at radius 2 is 1.96 bits per heavy atom. The van der Waals surface area contributed by atoms with E-state index >= 15 is 0 Å². The van der Waals surface area contributed by atoms with Crippen LogP contribution in [0.1, 0.15) is 11.1 Å². The lowest BCUT2D eigenvalue weighted by Gasteiger charge is -2.21. The standard InChI is InChI=1S/C15H13ClN4O3S.ClH/c16-11-4-5-13(15-14(11)18-23-19-15)24(21,22)20-12-3-1-2-9-8-17-7-6-10(9)12;/h1-5,17,20H,6-8H2;1H. The van der Waals surface area contributed by atoms with Gasteiger partial charge in [0.15, 0.2) is 11.0 Å². The first-order chi connectivity index (χ1) is 11.6. The summed E-state index contributed by atoms with van der Waals surface area (Å²) in [4.78, 5) is -0.0188. The van der Waals surface area contributed by atoms with Crippen LogP contribution in [0.4, 0.5) is 5.69 Å². The molecule has 0 unspecified atom stereocenters. The van der Waals surface area contributed by atoms with E-state index in [1.807, 2.05) is 12.1 Å². The topological polar surface area (TPSA) is 97.1 Å². The van der Waals surface area contributed by atoms with Crippen LogP contribution in [0.25, 0.3) is 11.0 Å². The number of fused-ring (bicyclic) bond motifs is 2. The van der Waals surface area contributed by atoms with Crippen LogP contribution in [-0.4, -0.2) is 25.3 Å². The van der Waals surface area contributed by atoms with Gasteiger partial charge in [-0.15, -0.1) is 12.4 Å². The van der Waals surface area contributed by atoms with E-state index in [9.17, 15) is 8.42 Å². The second kappa shape index (κ2) is 6.80. The fourth-order valence-corrected chi connectivity index (χ4v) is 4.27. The van der Waals surface area contributed by atoms with Crippen LogP contribution in [0, 0.1) is 0 Å². The van der Waals surface area contributed by atoms with Gasteiger partial charge in [0.25, 0.3) is 10.0 Å². The van der Waals surface area contributed by atoms with Crippen molar-refractivity contribution in [1.29, 1.82) is 0 Å². The van der Waals surface area contributed by atoms with Gasteiger partial charge in [-0.1, -0.05) is 23.7 Å². The quantitative estimate of drug-likeness (QED) is 0.701. The molecule has 0 fully saturated rings. The molecule has 1 aromatic heterocycles. The molecule has 25 heavy (non-hydrogen) atoms. The van der Waals surface area contributed by atoms with Crippen molar-refractivity contribution in [2.45, 2.75) is 17.9 Å². The smallest absolute Gasteiger partial charge is 0.264 e. The molecule has 10 heteroatoms. The highest BCUT2D eigenvalue weighted by Gasteiger charge is 2.24. The number of aromatic nitrogens is 2. The van der Waals surface area contributed by atoms with Gasteiger partial charge in [-0.3, -0.25) is 4.72 Å². The highest BCUT2D eigenvalue weighted by molar-refractivity contribution is 7.93. The van der Waals surface area contributed by atoms with Gasteiger partial charge in [0, 0.05) is 6.54 Å². The predicted molar refractivity (Wildman–Crippen MR) is 96.7 cm³/mol. The van der Waals surface area contributed by atoms with Gasteiger partial charge < -0.3 is 5.32 Å². The van der Waals surface area contributed by atoms with E-state index in [4.69, 9.17) is 11.6 Å². The summed E-state index contributed by atoms with van der Waals surface area (Å²) in [5.41, 5.74) is 3.00. The molecular formula is C15H14Cl2N4O3S. The summed E-state index contributed by atoms with van der Waals surface area (Å²) in [5.74, 6) is 0. The molecule has 132 valence electrons. The zero-order valence-electron chi connectivity index (χ0n) is 12.8. The van der Waals surface area contributed by atoms with Crippen molar-refractivity contribution >= 4 is 50.8 Å². The average Bonchev–Trinajstić information content (AvgIpc) is 3.05. The summed E-state index contributed by atoms with van der Waals surface area (Å²) in [6.45, 7) is 1.54. The summed E-state index contributed by atoms with van der Waals surface area (Å²) < 4.78 is 33.0. The van der Waals surface area contributed by atoms with Gasteiger partial charge in [-0.2, -0.15) is 0 Å². The lowest BCUT2D eigenvalue weighted by Crippen LogP contribution is -2.25. The summed E-state index contributed by atoms with van der Waals surface area (Å²) in [7, 11) is -3.85. The van der Waals surface area contributed by atoms with E-state index in [1.54, 1.807) is 6.07 Å². The number of nitrogens with zero attached hydrogens (tertiary/aromatic N) is 2. The van der Waals surface area contributed by atoms with Gasteiger partial charge in [-0.05, 0) is 52.6 Å². The summed E-state index contributed by atoms with van der Waals surface area (Å²) in [5, 5.41) is 10.9. The summed E-state index contributed by atoms with van der Waals surface area (Å²) in [6.07, 6.45) is 0.759. The molecule has 0 spiro atoms. The SMILES string of the molecule is Cl.O=S(=O)(Nc1cccc2c1CCNC2)c1ccc(Cl)c2nonc12. The number of sulfonamides is 1. The van der Waals surface area contributed by atoms with Gasteiger partial charge in [-0.25, -0.2) is 13.0 Å². The number of hydrogen-bond donors (Lipinski definition) is 2. The molecule has 0 atom stereocenters. The van der Waals surface area contributed by atoms with E-state index in [2.05, 4.69) is 25.0 Å². The Morgan fingerprint density at radius 1 is 1.16 bits per heavy atom. The van der Waals surface area contributed by atoms with Gasteiger partial charge in [0.1, 0.15) is 4.90 Å². The molecule has 2 heterocycles. The highest BCUT2D eigenvalue weighted by atomic mass is 35.5. The monoisotopic (exact) mass is 400 g/mol. The first-order valence-corrected chi connectivity index (χ1v) is 9.17. The minimum atomic E-state index is -3.85. The minimum absolute atomic E-state index is 0. The van der Waals surface area contributed by atoms with E-state index in [-0.39, 0.29) is 33.4 Å². The van der Waals surface area contributed by atoms with Gasteiger partial charge in [0.2, 0.25) is 0 Å². The molecule has 1 aliphatic rings. The Kier molecular flexibility index (Phi) is 4.88. The van der Waals surface area contributed by atoms with Crippen molar-refractivity contribution in [2.24, 2.45) is 0 Å². The van der Waals surface area contributed by atoms with Crippen LogP contribution >= 0.6 is 24.0 Å². The van der Waals surface area contributed by atoms with Crippen molar-refractivity contribution in [3.8, 4) is 0 Å². The number of anilines is 1. The predicted octanol–water partition coefficient (Wildman–Crippen LogP) is 2.74. The van der Waals surface area contributed by atoms with E-state index < -0.39 is 10.0 Å². The van der Waals surface area contributed by atoms with Gasteiger partial charge in [0.05, 0.1) is 10.7 Å². The van der Waals surface area contributed by atoms with Crippen LogP contribution in [0.15, 0.2) is 39.9 Å². The number of halogens is 2. The third-order valence-corrected chi connectivity index (χ3v) is 5.71. The summed E-state index contributed by atoms with van der Waals surface area (Å²) >= 11 is 5.99. The Hall–Kier alpha value is -1.87. The average molecular weight is 401 g/mol. The van der Waals surface area contributed by atoms with E-state index in [1.165, 1.54) is 12.1 Å². The molecule has 0 amide bonds. The molecule has 1 aliphatic heterocycles. The normalized spacial score (nSPS) is 14.0. The molecule has 4 rings (SSSR count). The lowest BCUT2D eigenvalue weighted by atomic mass is 9.99. The largest absolute Gasteiger partial charge is 0.312 e. The van der Waals surface area contributed by atoms with Crippen LogP contribution in [0.5, 0.6) is 0 Å². The molecule has 3 aromatic rings. The number of rotatable bonds is 3. The molecule has 0 aliphatic carbocycles. The molecule has 7 nitrogen and oxygen atoms in total. The molecule has 2 aromatic carbocycles. The molecular weight excluding hydrogens is 387 g/mol. The van der Waals surface area contributed by atoms with E-state index in [0.29, 0.717) is 5.69 Å². The van der Waals surface area contributed by atoms with Crippen molar-refractivity contribution in [2.75, 3.05) is 11.3 Å². The number of benzene rings is 2. The van der Waals surface area contributed by atoms with Crippen molar-refractivity contribution < 1.29 is 13.0 Å². The zero-order chi connectivity index (χ0) is 16.7. The van der Waals surface area contributed by atoms with Crippen LogP contribution in [0.3, 0.4) is 0 Å².